The van der Waals surface area contributed by atoms with Crippen molar-refractivity contribution in [2.75, 3.05) is 36.0 Å². The Kier molecular flexibility index (Phi) is 5.46. The first-order valence-corrected chi connectivity index (χ1v) is 9.78. The predicted octanol–water partition coefficient (Wildman–Crippen LogP) is 2.00. The summed E-state index contributed by atoms with van der Waals surface area (Å²) < 4.78 is 0. The average molecular weight is 366 g/mol. The molecule has 0 radical (unpaired) electrons. The Hall–Kier alpha value is -2.70. The van der Waals surface area contributed by atoms with Gasteiger partial charge in [0.15, 0.2) is 5.82 Å². The number of nitrogens with zero attached hydrogens (tertiary/aromatic N) is 5. The van der Waals surface area contributed by atoms with Gasteiger partial charge in [-0.2, -0.15) is 0 Å². The maximum Gasteiger partial charge on any atom is 0.223 e. The molecule has 0 unspecified atom stereocenters. The second-order valence-corrected chi connectivity index (χ2v) is 7.26. The molecule has 2 aliphatic rings. The van der Waals surface area contributed by atoms with Crippen molar-refractivity contribution in [3.8, 4) is 0 Å². The van der Waals surface area contributed by atoms with Crippen LogP contribution in [-0.2, 0) is 11.3 Å². The van der Waals surface area contributed by atoms with E-state index >= 15 is 0 Å². The summed E-state index contributed by atoms with van der Waals surface area (Å²) in [6.07, 6.45) is 11.2. The van der Waals surface area contributed by atoms with E-state index in [-0.39, 0.29) is 11.8 Å². The van der Waals surface area contributed by atoms with Crippen molar-refractivity contribution in [1.29, 1.82) is 0 Å². The third-order valence-electron chi connectivity index (χ3n) is 5.50. The Morgan fingerprint density at radius 1 is 1.04 bits per heavy atom. The Labute approximate surface area is 159 Å². The van der Waals surface area contributed by atoms with E-state index in [1.807, 2.05) is 18.3 Å². The first-order valence-electron chi connectivity index (χ1n) is 9.78. The van der Waals surface area contributed by atoms with Crippen molar-refractivity contribution >= 4 is 17.4 Å². The van der Waals surface area contributed by atoms with Crippen molar-refractivity contribution in [2.24, 2.45) is 5.92 Å². The molecule has 2 aromatic rings. The summed E-state index contributed by atoms with van der Waals surface area (Å²) in [6.45, 7) is 4.42. The smallest absolute Gasteiger partial charge is 0.223 e. The minimum atomic E-state index is 0.0722. The lowest BCUT2D eigenvalue weighted by molar-refractivity contribution is -0.125. The topological polar surface area (TPSA) is 74.2 Å². The molecule has 1 amide bonds. The molecule has 0 atom stereocenters. The molecule has 27 heavy (non-hydrogen) atoms. The van der Waals surface area contributed by atoms with Gasteiger partial charge >= 0.3 is 0 Å². The van der Waals surface area contributed by atoms with Crippen molar-refractivity contribution in [2.45, 2.75) is 32.2 Å². The van der Waals surface area contributed by atoms with Gasteiger partial charge in [-0.15, -0.1) is 0 Å². The second kappa shape index (κ2) is 8.33. The first kappa shape index (κ1) is 17.7. The Balaban J connectivity index is 1.33. The van der Waals surface area contributed by atoms with Gasteiger partial charge in [-0.25, -0.2) is 9.97 Å². The summed E-state index contributed by atoms with van der Waals surface area (Å²) in [7, 11) is 0. The highest BCUT2D eigenvalue weighted by atomic mass is 16.1. The highest BCUT2D eigenvalue weighted by Gasteiger charge is 2.28. The molecule has 7 heteroatoms. The van der Waals surface area contributed by atoms with Gasteiger partial charge in [0.05, 0.1) is 11.9 Å². The molecular formula is C20H26N6O. The quantitative estimate of drug-likeness (QED) is 0.873. The summed E-state index contributed by atoms with van der Waals surface area (Å²) in [6, 6.07) is 3.86. The fraction of sp³-hybridized carbons (Fsp3) is 0.500. The van der Waals surface area contributed by atoms with E-state index in [4.69, 9.17) is 0 Å². The number of nitrogens with one attached hydrogen (secondary N) is 1. The number of piperidine rings is 1. The molecule has 2 fully saturated rings. The van der Waals surface area contributed by atoms with Crippen LogP contribution in [0.5, 0.6) is 0 Å². The summed E-state index contributed by atoms with van der Waals surface area (Å²) in [5.41, 5.74) is 2.18. The van der Waals surface area contributed by atoms with Gasteiger partial charge in [-0.05, 0) is 43.4 Å². The van der Waals surface area contributed by atoms with Crippen molar-refractivity contribution in [3.05, 3.63) is 42.6 Å². The zero-order valence-corrected chi connectivity index (χ0v) is 15.5. The fourth-order valence-electron chi connectivity index (χ4n) is 3.93. The van der Waals surface area contributed by atoms with Crippen molar-refractivity contribution < 1.29 is 4.79 Å². The van der Waals surface area contributed by atoms with Crippen LogP contribution in [0.4, 0.5) is 11.5 Å². The molecule has 7 nitrogen and oxygen atoms in total. The molecule has 0 bridgehead atoms. The zero-order chi connectivity index (χ0) is 18.5. The van der Waals surface area contributed by atoms with Crippen LogP contribution in [0.3, 0.4) is 0 Å². The van der Waals surface area contributed by atoms with Crippen LogP contribution >= 0.6 is 0 Å². The van der Waals surface area contributed by atoms with Gasteiger partial charge in [0, 0.05) is 51.0 Å². The van der Waals surface area contributed by atoms with Crippen LogP contribution in [0.1, 0.15) is 31.2 Å². The molecule has 0 aromatic carbocycles. The molecule has 2 aliphatic heterocycles. The van der Waals surface area contributed by atoms with Crippen LogP contribution in [0.2, 0.25) is 0 Å². The number of carbonyl (C=O) groups excluding carboxylic acids is 1. The average Bonchev–Trinajstić information content (AvgIpc) is 3.28. The highest BCUT2D eigenvalue weighted by Crippen LogP contribution is 2.31. The van der Waals surface area contributed by atoms with Crippen molar-refractivity contribution in [1.82, 2.24) is 20.3 Å². The highest BCUT2D eigenvalue weighted by molar-refractivity contribution is 5.79. The standard InChI is InChI=1S/C20H26N6O/c27-20(23-13-16-3-7-21-8-4-16)17-5-11-25(12-6-17)18-14-22-15-24-19(18)26-9-1-2-10-26/h3-4,7-8,14-15,17H,1-2,5-6,9-13H2,(H,23,27). The normalized spacial score (nSPS) is 17.9. The summed E-state index contributed by atoms with van der Waals surface area (Å²) in [4.78, 5) is 30.0. The minimum absolute atomic E-state index is 0.0722. The van der Waals surface area contributed by atoms with Crippen LogP contribution in [0.25, 0.3) is 0 Å². The number of carbonyl (C=O) groups is 1. The molecule has 0 aliphatic carbocycles. The monoisotopic (exact) mass is 366 g/mol. The van der Waals surface area contributed by atoms with Crippen LogP contribution in [-0.4, -0.2) is 47.0 Å². The maximum absolute atomic E-state index is 12.5. The molecule has 0 saturated carbocycles. The maximum atomic E-state index is 12.5. The van der Waals surface area contributed by atoms with E-state index in [1.165, 1.54) is 12.8 Å². The van der Waals surface area contributed by atoms with E-state index in [0.717, 1.165) is 56.1 Å². The molecule has 4 heterocycles. The van der Waals surface area contributed by atoms with Gasteiger partial charge in [0.25, 0.3) is 0 Å². The number of hydrogen-bond donors (Lipinski definition) is 1. The number of pyridine rings is 1. The Morgan fingerprint density at radius 2 is 1.78 bits per heavy atom. The lowest BCUT2D eigenvalue weighted by Crippen LogP contribution is -2.41. The molecular weight excluding hydrogens is 340 g/mol. The molecule has 142 valence electrons. The van der Waals surface area contributed by atoms with Gasteiger partial charge in [0.1, 0.15) is 6.33 Å². The molecule has 2 saturated heterocycles. The third-order valence-corrected chi connectivity index (χ3v) is 5.50. The van der Waals surface area contributed by atoms with Crippen LogP contribution in [0, 0.1) is 5.92 Å². The van der Waals surface area contributed by atoms with Crippen LogP contribution < -0.4 is 15.1 Å². The van der Waals surface area contributed by atoms with Gasteiger partial charge in [-0.3, -0.25) is 9.78 Å². The number of anilines is 2. The number of aromatic nitrogens is 3. The van der Waals surface area contributed by atoms with E-state index in [1.54, 1.807) is 18.7 Å². The first-order chi connectivity index (χ1) is 13.3. The summed E-state index contributed by atoms with van der Waals surface area (Å²) in [5, 5.41) is 3.06. The zero-order valence-electron chi connectivity index (χ0n) is 15.5. The van der Waals surface area contributed by atoms with E-state index < -0.39 is 0 Å². The Morgan fingerprint density at radius 3 is 2.52 bits per heavy atom. The predicted molar refractivity (Wildman–Crippen MR) is 104 cm³/mol. The number of rotatable bonds is 5. The summed E-state index contributed by atoms with van der Waals surface area (Å²) >= 11 is 0. The van der Waals surface area contributed by atoms with E-state index in [0.29, 0.717) is 6.54 Å². The van der Waals surface area contributed by atoms with E-state index in [2.05, 4.69) is 30.1 Å². The fourth-order valence-corrected chi connectivity index (χ4v) is 3.93. The minimum Gasteiger partial charge on any atom is -0.367 e. The molecule has 2 aromatic heterocycles. The van der Waals surface area contributed by atoms with Gasteiger partial charge in [0.2, 0.25) is 5.91 Å². The summed E-state index contributed by atoms with van der Waals surface area (Å²) in [5.74, 6) is 1.27. The molecule has 1 N–H and O–H groups in total. The van der Waals surface area contributed by atoms with E-state index in [9.17, 15) is 4.79 Å². The second-order valence-electron chi connectivity index (χ2n) is 7.26. The van der Waals surface area contributed by atoms with Gasteiger partial charge in [-0.1, -0.05) is 0 Å². The lowest BCUT2D eigenvalue weighted by Gasteiger charge is -2.34. The van der Waals surface area contributed by atoms with Gasteiger partial charge < -0.3 is 15.1 Å². The SMILES string of the molecule is O=C(NCc1ccncc1)C1CCN(c2cncnc2N2CCCC2)CC1. The number of hydrogen-bond acceptors (Lipinski definition) is 6. The Bertz CT molecular complexity index is 754. The van der Waals surface area contributed by atoms with Crippen molar-refractivity contribution in [3.63, 3.8) is 0 Å². The molecule has 0 spiro atoms. The lowest BCUT2D eigenvalue weighted by atomic mass is 9.95. The number of amides is 1. The molecule has 4 rings (SSSR count). The largest absolute Gasteiger partial charge is 0.367 e. The van der Waals surface area contributed by atoms with Crippen LogP contribution in [0.15, 0.2) is 37.1 Å². The third kappa shape index (κ3) is 4.18.